The lowest BCUT2D eigenvalue weighted by molar-refractivity contribution is -0.197. The Morgan fingerprint density at radius 1 is 1.12 bits per heavy atom. The Balaban J connectivity index is 0.00000199. The first kappa shape index (κ1) is 28.9. The summed E-state index contributed by atoms with van der Waals surface area (Å²) in [4.78, 5) is 2.54. The summed E-state index contributed by atoms with van der Waals surface area (Å²) in [7, 11) is 3.38. The van der Waals surface area contributed by atoms with Gasteiger partial charge in [0.25, 0.3) is 0 Å². The van der Waals surface area contributed by atoms with Gasteiger partial charge in [-0.15, -0.1) is 0 Å². The van der Waals surface area contributed by atoms with Gasteiger partial charge in [-0.3, -0.25) is 4.90 Å². The quantitative estimate of drug-likeness (QED) is 0.456. The highest BCUT2D eigenvalue weighted by atomic mass is 16.7. The lowest BCUT2D eigenvalue weighted by Gasteiger charge is -2.39. The molecule has 34 heavy (non-hydrogen) atoms. The molecule has 6 nitrogen and oxygen atoms in total. The third-order valence-electron chi connectivity index (χ3n) is 7.06. The van der Waals surface area contributed by atoms with Crippen molar-refractivity contribution < 1.29 is 24.1 Å². The SMILES string of the molecule is CC.COc1cc2c(cc1OC)CN(CC(CC(C)(C)CCO)[C@@H](C)OC1CCCCO1)CC2. The van der Waals surface area contributed by atoms with Crippen molar-refractivity contribution in [2.45, 2.75) is 92.1 Å². The number of aliphatic hydroxyl groups is 1. The molecule has 2 heterocycles. The fourth-order valence-corrected chi connectivity index (χ4v) is 5.09. The van der Waals surface area contributed by atoms with Crippen LogP contribution in [0.15, 0.2) is 12.1 Å². The van der Waals surface area contributed by atoms with Gasteiger partial charge in [0.05, 0.1) is 20.3 Å². The maximum absolute atomic E-state index is 9.55. The second kappa shape index (κ2) is 14.3. The predicted octanol–water partition coefficient (Wildman–Crippen LogP) is 5.43. The van der Waals surface area contributed by atoms with Crippen LogP contribution in [0.25, 0.3) is 0 Å². The maximum Gasteiger partial charge on any atom is 0.161 e. The Morgan fingerprint density at radius 3 is 2.38 bits per heavy atom. The average Bonchev–Trinajstić information content (AvgIpc) is 2.84. The predicted molar refractivity (Wildman–Crippen MR) is 138 cm³/mol. The van der Waals surface area contributed by atoms with E-state index in [2.05, 4.69) is 37.8 Å². The number of aliphatic hydroxyl groups excluding tert-OH is 1. The van der Waals surface area contributed by atoms with Crippen LogP contribution in [-0.2, 0) is 22.4 Å². The van der Waals surface area contributed by atoms with E-state index >= 15 is 0 Å². The summed E-state index contributed by atoms with van der Waals surface area (Å²) in [5.41, 5.74) is 2.72. The van der Waals surface area contributed by atoms with Gasteiger partial charge in [-0.05, 0) is 80.0 Å². The first-order chi connectivity index (χ1) is 16.3. The van der Waals surface area contributed by atoms with E-state index in [1.807, 2.05) is 13.8 Å². The van der Waals surface area contributed by atoms with Gasteiger partial charge in [0.1, 0.15) is 0 Å². The van der Waals surface area contributed by atoms with E-state index in [0.29, 0.717) is 5.92 Å². The number of rotatable bonds is 11. The maximum atomic E-state index is 9.55. The number of fused-ring (bicyclic) bond motifs is 1. The molecule has 2 unspecified atom stereocenters. The molecule has 2 aliphatic rings. The fourth-order valence-electron chi connectivity index (χ4n) is 5.09. The van der Waals surface area contributed by atoms with Crippen molar-refractivity contribution in [2.75, 3.05) is 40.5 Å². The van der Waals surface area contributed by atoms with E-state index in [-0.39, 0.29) is 24.4 Å². The standard InChI is InChI=1S/C26H43NO5.C2H6/c1-19(32-25-8-6-7-13-31-25)22(16-26(2,3)10-12-28)18-27-11-9-20-14-23(29-4)24(30-5)15-21(20)17-27;1-2/h14-15,19,22,25,28H,6-13,16-18H2,1-5H3;1-2H3/t19-,22?,25?;/m1./s1. The largest absolute Gasteiger partial charge is 0.493 e. The van der Waals surface area contributed by atoms with Gasteiger partial charge in [-0.2, -0.15) is 0 Å². The first-order valence-corrected chi connectivity index (χ1v) is 13.2. The molecular weight excluding hydrogens is 430 g/mol. The Kier molecular flexibility index (Phi) is 12.1. The molecule has 0 bridgehead atoms. The Bertz CT molecular complexity index is 717. The van der Waals surface area contributed by atoms with Crippen LogP contribution in [0.1, 0.15) is 77.8 Å². The molecular formula is C28H49NO5. The minimum Gasteiger partial charge on any atom is -0.493 e. The molecule has 3 rings (SSSR count). The number of nitrogens with zero attached hydrogens (tertiary/aromatic N) is 1. The van der Waals surface area contributed by atoms with Crippen LogP contribution in [0.3, 0.4) is 0 Å². The lowest BCUT2D eigenvalue weighted by Crippen LogP contribution is -2.41. The average molecular weight is 480 g/mol. The molecule has 6 heteroatoms. The van der Waals surface area contributed by atoms with E-state index in [0.717, 1.165) is 69.8 Å². The number of hydrogen-bond donors (Lipinski definition) is 1. The number of benzene rings is 1. The molecule has 0 aromatic heterocycles. The lowest BCUT2D eigenvalue weighted by atomic mass is 9.78. The number of methoxy groups -OCH3 is 2. The molecule has 3 atom stereocenters. The third-order valence-corrected chi connectivity index (χ3v) is 7.06. The molecule has 2 aliphatic heterocycles. The van der Waals surface area contributed by atoms with Gasteiger partial charge >= 0.3 is 0 Å². The Labute approximate surface area is 207 Å². The van der Waals surface area contributed by atoms with Crippen LogP contribution in [-0.4, -0.2) is 62.9 Å². The third kappa shape index (κ3) is 8.40. The summed E-state index contributed by atoms with van der Waals surface area (Å²) >= 11 is 0. The van der Waals surface area contributed by atoms with Crippen LogP contribution in [0.2, 0.25) is 0 Å². The highest BCUT2D eigenvalue weighted by Gasteiger charge is 2.32. The second-order valence-corrected chi connectivity index (χ2v) is 10.2. The van der Waals surface area contributed by atoms with Crippen LogP contribution in [0, 0.1) is 11.3 Å². The van der Waals surface area contributed by atoms with Crippen molar-refractivity contribution >= 4 is 0 Å². The van der Waals surface area contributed by atoms with Crippen molar-refractivity contribution in [3.63, 3.8) is 0 Å². The zero-order valence-corrected chi connectivity index (χ0v) is 22.7. The molecule has 0 saturated carbocycles. The Morgan fingerprint density at radius 2 is 1.79 bits per heavy atom. The summed E-state index contributed by atoms with van der Waals surface area (Å²) in [6.07, 6.45) is 6.12. The molecule has 0 amide bonds. The fraction of sp³-hybridized carbons (Fsp3) is 0.786. The smallest absolute Gasteiger partial charge is 0.161 e. The van der Waals surface area contributed by atoms with Crippen LogP contribution in [0.5, 0.6) is 11.5 Å². The van der Waals surface area contributed by atoms with Crippen molar-refractivity contribution in [3.05, 3.63) is 23.3 Å². The Hall–Kier alpha value is -1.34. The molecule has 1 N–H and O–H groups in total. The molecule has 1 aromatic carbocycles. The summed E-state index contributed by atoms with van der Waals surface area (Å²) < 4.78 is 23.3. The van der Waals surface area contributed by atoms with Crippen LogP contribution in [0.4, 0.5) is 0 Å². The monoisotopic (exact) mass is 479 g/mol. The van der Waals surface area contributed by atoms with E-state index < -0.39 is 0 Å². The van der Waals surface area contributed by atoms with Gasteiger partial charge in [0, 0.05) is 32.8 Å². The molecule has 1 fully saturated rings. The zero-order valence-electron chi connectivity index (χ0n) is 22.7. The molecule has 0 aliphatic carbocycles. The van der Waals surface area contributed by atoms with E-state index in [1.165, 1.54) is 17.5 Å². The summed E-state index contributed by atoms with van der Waals surface area (Å²) in [5, 5.41) is 9.55. The van der Waals surface area contributed by atoms with Gasteiger partial charge in [-0.1, -0.05) is 27.7 Å². The minimum atomic E-state index is -0.0824. The molecule has 1 saturated heterocycles. The van der Waals surface area contributed by atoms with Crippen molar-refractivity contribution in [1.82, 2.24) is 4.90 Å². The van der Waals surface area contributed by atoms with Crippen molar-refractivity contribution in [2.24, 2.45) is 11.3 Å². The van der Waals surface area contributed by atoms with Crippen molar-refractivity contribution in [1.29, 1.82) is 0 Å². The normalized spacial score (nSPS) is 20.5. The van der Waals surface area contributed by atoms with E-state index in [9.17, 15) is 5.11 Å². The zero-order chi connectivity index (χ0) is 25.1. The molecule has 0 radical (unpaired) electrons. The number of ether oxygens (including phenoxy) is 4. The van der Waals surface area contributed by atoms with Crippen LogP contribution < -0.4 is 9.47 Å². The topological polar surface area (TPSA) is 60.4 Å². The van der Waals surface area contributed by atoms with E-state index in [4.69, 9.17) is 18.9 Å². The summed E-state index contributed by atoms with van der Waals surface area (Å²) in [5.74, 6) is 1.96. The van der Waals surface area contributed by atoms with Gasteiger partial charge < -0.3 is 24.1 Å². The van der Waals surface area contributed by atoms with Gasteiger partial charge in [0.2, 0.25) is 0 Å². The highest BCUT2D eigenvalue weighted by molar-refractivity contribution is 5.48. The first-order valence-electron chi connectivity index (χ1n) is 13.2. The molecule has 0 spiro atoms. The highest BCUT2D eigenvalue weighted by Crippen LogP contribution is 2.36. The summed E-state index contributed by atoms with van der Waals surface area (Å²) in [6, 6.07) is 4.25. The summed E-state index contributed by atoms with van der Waals surface area (Å²) in [6.45, 7) is 14.6. The second-order valence-electron chi connectivity index (χ2n) is 10.2. The van der Waals surface area contributed by atoms with Gasteiger partial charge in [-0.25, -0.2) is 0 Å². The minimum absolute atomic E-state index is 0.0642. The van der Waals surface area contributed by atoms with E-state index in [1.54, 1.807) is 14.2 Å². The van der Waals surface area contributed by atoms with Crippen molar-refractivity contribution in [3.8, 4) is 11.5 Å². The molecule has 1 aromatic rings. The number of hydrogen-bond acceptors (Lipinski definition) is 6. The van der Waals surface area contributed by atoms with Crippen LogP contribution >= 0.6 is 0 Å². The molecule has 196 valence electrons. The van der Waals surface area contributed by atoms with Gasteiger partial charge in [0.15, 0.2) is 17.8 Å².